The molecule has 0 saturated carbocycles. The summed E-state index contributed by atoms with van der Waals surface area (Å²) in [6.45, 7) is 0. The quantitative estimate of drug-likeness (QED) is 0.305. The molecule has 0 amide bonds. The molecule has 29 heavy (non-hydrogen) atoms. The lowest BCUT2D eigenvalue weighted by Gasteiger charge is -2.13. The van der Waals surface area contributed by atoms with E-state index in [4.69, 9.17) is 4.42 Å². The molecule has 2 N–H and O–H groups in total. The Balaban J connectivity index is 1.90. The Morgan fingerprint density at radius 3 is 2.10 bits per heavy atom. The number of hydrogen-bond acceptors (Lipinski definition) is 4. The lowest BCUT2D eigenvalue weighted by Crippen LogP contribution is -2.02. The molecule has 0 saturated heterocycles. The second-order valence-electron chi connectivity index (χ2n) is 6.89. The SMILES string of the molecule is O=c1c2ccccc2oc2cc(-c3ccccc3)c(-c3ccc(O)c(O)c3)cc12. The third kappa shape index (κ3) is 2.82. The zero-order chi connectivity index (χ0) is 20.0. The van der Waals surface area contributed by atoms with Gasteiger partial charge in [0.2, 0.25) is 5.43 Å². The van der Waals surface area contributed by atoms with E-state index in [1.54, 1.807) is 24.3 Å². The first-order valence-corrected chi connectivity index (χ1v) is 9.19. The Hall–Kier alpha value is -4.05. The van der Waals surface area contributed by atoms with Crippen molar-refractivity contribution in [1.82, 2.24) is 0 Å². The average Bonchev–Trinajstić information content (AvgIpc) is 2.76. The zero-order valence-electron chi connectivity index (χ0n) is 15.3. The van der Waals surface area contributed by atoms with Crippen LogP contribution in [0.5, 0.6) is 11.5 Å². The van der Waals surface area contributed by atoms with Gasteiger partial charge in [-0.3, -0.25) is 4.79 Å². The maximum Gasteiger partial charge on any atom is 0.200 e. The fraction of sp³-hybridized carbons (Fsp3) is 0. The van der Waals surface area contributed by atoms with E-state index in [9.17, 15) is 15.0 Å². The van der Waals surface area contributed by atoms with Crippen LogP contribution in [0.15, 0.2) is 94.1 Å². The fourth-order valence-corrected chi connectivity index (χ4v) is 3.63. The van der Waals surface area contributed by atoms with Gasteiger partial charge in [0.1, 0.15) is 11.2 Å². The summed E-state index contributed by atoms with van der Waals surface area (Å²) in [7, 11) is 0. The van der Waals surface area contributed by atoms with E-state index in [0.717, 1.165) is 16.7 Å². The molecular weight excluding hydrogens is 364 g/mol. The molecule has 4 heteroatoms. The molecule has 1 heterocycles. The van der Waals surface area contributed by atoms with Gasteiger partial charge >= 0.3 is 0 Å². The summed E-state index contributed by atoms with van der Waals surface area (Å²) in [6.07, 6.45) is 0. The van der Waals surface area contributed by atoms with Crippen LogP contribution in [0.3, 0.4) is 0 Å². The first kappa shape index (κ1) is 17.1. The third-order valence-corrected chi connectivity index (χ3v) is 5.09. The molecule has 1 aromatic heterocycles. The Labute approximate surface area is 165 Å². The Morgan fingerprint density at radius 2 is 1.31 bits per heavy atom. The standard InChI is InChI=1S/C25H16O4/c26-21-11-10-16(12-22(21)27)18-13-20-24(14-19(18)15-6-2-1-3-7-15)29-23-9-5-4-8-17(23)25(20)28/h1-14,26-27H. The molecule has 0 radical (unpaired) electrons. The highest BCUT2D eigenvalue weighted by molar-refractivity contribution is 5.98. The van der Waals surface area contributed by atoms with Crippen molar-refractivity contribution < 1.29 is 14.6 Å². The molecule has 0 aliphatic heterocycles. The van der Waals surface area contributed by atoms with Gasteiger partial charge in [-0.2, -0.15) is 0 Å². The van der Waals surface area contributed by atoms with Crippen molar-refractivity contribution >= 4 is 21.9 Å². The van der Waals surface area contributed by atoms with E-state index >= 15 is 0 Å². The summed E-state index contributed by atoms with van der Waals surface area (Å²) in [5.41, 5.74) is 4.20. The van der Waals surface area contributed by atoms with E-state index < -0.39 is 0 Å². The summed E-state index contributed by atoms with van der Waals surface area (Å²) in [6, 6.07) is 25.2. The second kappa shape index (κ2) is 6.53. The van der Waals surface area contributed by atoms with Gasteiger partial charge in [0.15, 0.2) is 11.5 Å². The summed E-state index contributed by atoms with van der Waals surface area (Å²) in [4.78, 5) is 13.1. The maximum atomic E-state index is 13.1. The summed E-state index contributed by atoms with van der Waals surface area (Å²) >= 11 is 0. The van der Waals surface area contributed by atoms with Gasteiger partial charge in [-0.05, 0) is 58.7 Å². The highest BCUT2D eigenvalue weighted by Crippen LogP contribution is 2.38. The van der Waals surface area contributed by atoms with Gasteiger partial charge in [0.05, 0.1) is 10.8 Å². The van der Waals surface area contributed by atoms with E-state index in [1.165, 1.54) is 12.1 Å². The zero-order valence-corrected chi connectivity index (χ0v) is 15.3. The number of phenols is 2. The van der Waals surface area contributed by atoms with Crippen LogP contribution < -0.4 is 5.43 Å². The summed E-state index contributed by atoms with van der Waals surface area (Å²) in [5.74, 6) is -0.409. The van der Waals surface area contributed by atoms with Gasteiger partial charge in [0, 0.05) is 0 Å². The maximum absolute atomic E-state index is 13.1. The van der Waals surface area contributed by atoms with Crippen molar-refractivity contribution in [2.24, 2.45) is 0 Å². The number of phenolic OH excluding ortho intramolecular Hbond substituents is 2. The molecule has 0 unspecified atom stereocenters. The minimum atomic E-state index is -0.216. The number of benzene rings is 4. The number of para-hydroxylation sites is 1. The van der Waals surface area contributed by atoms with Crippen LogP contribution in [0.2, 0.25) is 0 Å². The van der Waals surface area contributed by atoms with Crippen molar-refractivity contribution in [2.75, 3.05) is 0 Å². The van der Waals surface area contributed by atoms with Gasteiger partial charge in [0.25, 0.3) is 0 Å². The van der Waals surface area contributed by atoms with Crippen molar-refractivity contribution in [1.29, 1.82) is 0 Å². The van der Waals surface area contributed by atoms with Crippen LogP contribution >= 0.6 is 0 Å². The molecule has 0 fully saturated rings. The predicted molar refractivity (Wildman–Crippen MR) is 114 cm³/mol. The molecule has 5 aromatic rings. The van der Waals surface area contributed by atoms with Gasteiger partial charge < -0.3 is 14.6 Å². The smallest absolute Gasteiger partial charge is 0.200 e. The van der Waals surface area contributed by atoms with Crippen molar-refractivity contribution in [3.8, 4) is 33.8 Å². The van der Waals surface area contributed by atoms with E-state index in [1.807, 2.05) is 48.5 Å². The van der Waals surface area contributed by atoms with Gasteiger partial charge in [-0.15, -0.1) is 0 Å². The third-order valence-electron chi connectivity index (χ3n) is 5.09. The van der Waals surface area contributed by atoms with Crippen LogP contribution in [0, 0.1) is 0 Å². The molecule has 140 valence electrons. The molecular formula is C25H16O4. The predicted octanol–water partition coefficient (Wildman–Crippen LogP) is 5.69. The minimum Gasteiger partial charge on any atom is -0.504 e. The van der Waals surface area contributed by atoms with Gasteiger partial charge in [-0.1, -0.05) is 48.5 Å². The highest BCUT2D eigenvalue weighted by Gasteiger charge is 2.15. The van der Waals surface area contributed by atoms with Crippen LogP contribution in [-0.4, -0.2) is 10.2 Å². The number of rotatable bonds is 2. The Bertz CT molecular complexity index is 1430. The van der Waals surface area contributed by atoms with Crippen LogP contribution in [0.4, 0.5) is 0 Å². The first-order chi connectivity index (χ1) is 14.1. The van der Waals surface area contributed by atoms with E-state index in [-0.39, 0.29) is 16.9 Å². The Morgan fingerprint density at radius 1 is 0.586 bits per heavy atom. The molecule has 0 spiro atoms. The molecule has 0 aliphatic carbocycles. The first-order valence-electron chi connectivity index (χ1n) is 9.19. The number of hydrogen-bond donors (Lipinski definition) is 2. The van der Waals surface area contributed by atoms with Crippen LogP contribution in [-0.2, 0) is 0 Å². The fourth-order valence-electron chi connectivity index (χ4n) is 3.63. The van der Waals surface area contributed by atoms with Crippen molar-refractivity contribution in [2.45, 2.75) is 0 Å². The lowest BCUT2D eigenvalue weighted by atomic mass is 9.92. The summed E-state index contributed by atoms with van der Waals surface area (Å²) in [5, 5.41) is 20.7. The Kier molecular flexibility index (Phi) is 3.85. The van der Waals surface area contributed by atoms with E-state index in [0.29, 0.717) is 27.5 Å². The minimum absolute atomic E-state index is 0.106. The molecule has 0 atom stereocenters. The van der Waals surface area contributed by atoms with Gasteiger partial charge in [-0.25, -0.2) is 0 Å². The monoisotopic (exact) mass is 380 g/mol. The van der Waals surface area contributed by atoms with E-state index in [2.05, 4.69) is 0 Å². The van der Waals surface area contributed by atoms with Crippen molar-refractivity contribution in [3.05, 3.63) is 95.2 Å². The molecule has 0 aliphatic rings. The van der Waals surface area contributed by atoms with Crippen LogP contribution in [0.25, 0.3) is 44.2 Å². The lowest BCUT2D eigenvalue weighted by molar-refractivity contribution is 0.404. The van der Waals surface area contributed by atoms with Crippen LogP contribution in [0.1, 0.15) is 0 Å². The summed E-state index contributed by atoms with van der Waals surface area (Å²) < 4.78 is 6.03. The van der Waals surface area contributed by atoms with Crippen molar-refractivity contribution in [3.63, 3.8) is 0 Å². The molecule has 4 aromatic carbocycles. The molecule has 4 nitrogen and oxygen atoms in total. The largest absolute Gasteiger partial charge is 0.504 e. The normalized spacial score (nSPS) is 11.2. The topological polar surface area (TPSA) is 70.7 Å². The second-order valence-corrected chi connectivity index (χ2v) is 6.89. The highest BCUT2D eigenvalue weighted by atomic mass is 16.3. The average molecular weight is 380 g/mol. The number of aromatic hydroxyl groups is 2. The molecule has 5 rings (SSSR count). The molecule has 0 bridgehead atoms. The number of fused-ring (bicyclic) bond motifs is 2.